The molecule has 6 heteroatoms. The molecule has 1 aromatic carbocycles. The molecule has 0 N–H and O–H groups in total. The largest absolute Gasteiger partial charge is 0.458 e. The van der Waals surface area contributed by atoms with Crippen molar-refractivity contribution < 1.29 is 22.3 Å². The summed E-state index contributed by atoms with van der Waals surface area (Å²) in [4.78, 5) is 11.9. The summed E-state index contributed by atoms with van der Waals surface area (Å²) in [5, 5.41) is 0. The third-order valence-corrected chi connectivity index (χ3v) is 4.44. The molecule has 0 heterocycles. The Kier molecular flexibility index (Phi) is 4.42. The summed E-state index contributed by atoms with van der Waals surface area (Å²) in [6.07, 6.45) is -0.141. The van der Waals surface area contributed by atoms with Crippen molar-refractivity contribution in [3.63, 3.8) is 0 Å². The molecule has 3 unspecified atom stereocenters. The van der Waals surface area contributed by atoms with Crippen molar-refractivity contribution in [3.8, 4) is 0 Å². The Hall–Kier alpha value is -1.43. The molecule has 1 saturated carbocycles. The lowest BCUT2D eigenvalue weighted by Crippen LogP contribution is -2.35. The minimum absolute atomic E-state index is 0.202. The smallest absolute Gasteiger partial charge is 0.338 e. The minimum Gasteiger partial charge on any atom is -0.458 e. The van der Waals surface area contributed by atoms with Crippen LogP contribution in [0.2, 0.25) is 0 Å². The maximum atomic E-state index is 14.3. The number of ether oxygens (including phenoxy) is 1. The first-order valence-electron chi connectivity index (χ1n) is 6.47. The van der Waals surface area contributed by atoms with Gasteiger partial charge in [0.2, 0.25) is 0 Å². The first kappa shape index (κ1) is 15.0. The van der Waals surface area contributed by atoms with Gasteiger partial charge in [-0.25, -0.2) is 17.6 Å². The summed E-state index contributed by atoms with van der Waals surface area (Å²) in [5.74, 6) is -1.63. The summed E-state index contributed by atoms with van der Waals surface area (Å²) >= 11 is 0. The van der Waals surface area contributed by atoms with E-state index in [4.69, 9.17) is 4.74 Å². The van der Waals surface area contributed by atoms with Crippen molar-refractivity contribution in [3.05, 3.63) is 35.9 Å². The molecule has 0 spiro atoms. The number of alkyl halides is 1. The molecule has 1 aromatic rings. The molecular formula is C14H17FO4S. The number of benzene rings is 1. The molecular weight excluding hydrogens is 283 g/mol. The molecule has 0 bridgehead atoms. The Morgan fingerprint density at radius 3 is 2.65 bits per heavy atom. The van der Waals surface area contributed by atoms with Crippen LogP contribution in [0, 0.1) is 5.92 Å². The third kappa shape index (κ3) is 3.36. The quantitative estimate of drug-likeness (QED) is 0.682. The van der Waals surface area contributed by atoms with E-state index in [1.54, 1.807) is 30.3 Å². The molecule has 4 nitrogen and oxygen atoms in total. The molecule has 110 valence electrons. The number of thiol groups is 1. The zero-order valence-electron chi connectivity index (χ0n) is 11.1. The second-order valence-corrected chi connectivity index (χ2v) is 6.28. The number of hydrogen-bond acceptors (Lipinski definition) is 4. The summed E-state index contributed by atoms with van der Waals surface area (Å²) in [5.41, 5.74) is -1.23. The first-order valence-corrected chi connectivity index (χ1v) is 7.83. The summed E-state index contributed by atoms with van der Waals surface area (Å²) in [6.45, 7) is 1.37. The Morgan fingerprint density at radius 1 is 1.40 bits per heavy atom. The highest BCUT2D eigenvalue weighted by Gasteiger charge is 2.48. The van der Waals surface area contributed by atoms with E-state index in [1.807, 2.05) is 0 Å². The van der Waals surface area contributed by atoms with E-state index in [2.05, 4.69) is 0 Å². The second-order valence-electron chi connectivity index (χ2n) is 5.25. The SMILES string of the molecule is CC1(F)CCC(OC(=O)c2ccccc2)C1C[SH](=O)=O. The lowest BCUT2D eigenvalue weighted by atomic mass is 9.95. The van der Waals surface area contributed by atoms with E-state index < -0.39 is 34.4 Å². The Bertz CT molecular complexity index is 546. The van der Waals surface area contributed by atoms with Crippen LogP contribution in [0.3, 0.4) is 0 Å². The van der Waals surface area contributed by atoms with Crippen LogP contribution in [0.5, 0.6) is 0 Å². The molecule has 1 aliphatic rings. The maximum Gasteiger partial charge on any atom is 0.338 e. The number of rotatable bonds is 4. The van der Waals surface area contributed by atoms with E-state index >= 15 is 0 Å². The number of carbonyl (C=O) groups is 1. The highest BCUT2D eigenvalue weighted by atomic mass is 32.2. The summed E-state index contributed by atoms with van der Waals surface area (Å²) in [7, 11) is -2.71. The van der Waals surface area contributed by atoms with Gasteiger partial charge >= 0.3 is 5.97 Å². The second kappa shape index (κ2) is 5.91. The van der Waals surface area contributed by atoms with Crippen molar-refractivity contribution in [2.24, 2.45) is 5.92 Å². The van der Waals surface area contributed by atoms with E-state index in [-0.39, 0.29) is 12.2 Å². The topological polar surface area (TPSA) is 60.4 Å². The molecule has 0 amide bonds. The van der Waals surface area contributed by atoms with Gasteiger partial charge in [-0.05, 0) is 31.9 Å². The van der Waals surface area contributed by atoms with Gasteiger partial charge in [0.1, 0.15) is 22.5 Å². The van der Waals surface area contributed by atoms with Crippen LogP contribution in [0.1, 0.15) is 30.1 Å². The highest BCUT2D eigenvalue weighted by molar-refractivity contribution is 7.72. The van der Waals surface area contributed by atoms with Crippen LogP contribution in [-0.4, -0.2) is 31.9 Å². The summed E-state index contributed by atoms with van der Waals surface area (Å²) in [6, 6.07) is 8.40. The Labute approximate surface area is 118 Å². The van der Waals surface area contributed by atoms with Gasteiger partial charge in [0.25, 0.3) is 0 Å². The average Bonchev–Trinajstić information content (AvgIpc) is 2.67. The van der Waals surface area contributed by atoms with E-state index in [9.17, 15) is 17.6 Å². The van der Waals surface area contributed by atoms with Crippen LogP contribution in [-0.2, 0) is 15.4 Å². The predicted octanol–water partition coefficient (Wildman–Crippen LogP) is 1.96. The molecule has 1 aliphatic carbocycles. The van der Waals surface area contributed by atoms with E-state index in [0.717, 1.165) is 0 Å². The lowest BCUT2D eigenvalue weighted by molar-refractivity contribution is 0.0103. The maximum absolute atomic E-state index is 14.3. The van der Waals surface area contributed by atoms with Gasteiger partial charge in [0.15, 0.2) is 0 Å². The minimum atomic E-state index is -2.71. The van der Waals surface area contributed by atoms with Crippen LogP contribution in [0.15, 0.2) is 30.3 Å². The average molecular weight is 300 g/mol. The third-order valence-electron chi connectivity index (χ3n) is 3.75. The molecule has 0 aromatic heterocycles. The Morgan fingerprint density at radius 2 is 2.05 bits per heavy atom. The number of carbonyl (C=O) groups excluding carboxylic acids is 1. The fourth-order valence-corrected chi connectivity index (χ4v) is 3.53. The predicted molar refractivity (Wildman–Crippen MR) is 73.1 cm³/mol. The molecule has 0 aliphatic heterocycles. The van der Waals surface area contributed by atoms with Crippen molar-refractivity contribution in [2.45, 2.75) is 31.5 Å². The standard InChI is InChI=1S/C14H17FO4S/c1-14(15)8-7-12(11(14)9-20(17)18)19-13(16)10-5-3-2-4-6-10/h2-6,11-12,20H,7-9H2,1H3. The fraction of sp³-hybridized carbons (Fsp3) is 0.500. The zero-order valence-corrected chi connectivity index (χ0v) is 12.0. The van der Waals surface area contributed by atoms with Gasteiger partial charge in [-0.3, -0.25) is 0 Å². The Balaban J connectivity index is 2.10. The van der Waals surface area contributed by atoms with Gasteiger partial charge in [0.05, 0.1) is 11.3 Å². The van der Waals surface area contributed by atoms with Gasteiger partial charge in [-0.1, -0.05) is 18.2 Å². The molecule has 20 heavy (non-hydrogen) atoms. The van der Waals surface area contributed by atoms with Gasteiger partial charge in [-0.2, -0.15) is 0 Å². The zero-order chi connectivity index (χ0) is 14.8. The van der Waals surface area contributed by atoms with Crippen LogP contribution >= 0.6 is 0 Å². The van der Waals surface area contributed by atoms with Gasteiger partial charge in [0, 0.05) is 5.92 Å². The van der Waals surface area contributed by atoms with Crippen molar-refractivity contribution >= 4 is 16.7 Å². The van der Waals surface area contributed by atoms with Crippen LogP contribution < -0.4 is 0 Å². The molecule has 2 rings (SSSR count). The van der Waals surface area contributed by atoms with E-state index in [1.165, 1.54) is 6.92 Å². The molecule has 0 radical (unpaired) electrons. The number of esters is 1. The molecule has 3 atom stereocenters. The number of halogens is 1. The van der Waals surface area contributed by atoms with Gasteiger partial charge < -0.3 is 4.74 Å². The highest BCUT2D eigenvalue weighted by Crippen LogP contribution is 2.41. The van der Waals surface area contributed by atoms with Crippen LogP contribution in [0.4, 0.5) is 4.39 Å². The molecule has 1 fully saturated rings. The summed E-state index contributed by atoms with van der Waals surface area (Å²) < 4.78 is 41.3. The van der Waals surface area contributed by atoms with Crippen molar-refractivity contribution in [1.29, 1.82) is 0 Å². The van der Waals surface area contributed by atoms with Crippen LogP contribution in [0.25, 0.3) is 0 Å². The molecule has 0 saturated heterocycles. The normalized spacial score (nSPS) is 29.6. The van der Waals surface area contributed by atoms with Crippen molar-refractivity contribution in [2.75, 3.05) is 5.75 Å². The first-order chi connectivity index (χ1) is 9.40. The van der Waals surface area contributed by atoms with Gasteiger partial charge in [-0.15, -0.1) is 0 Å². The lowest BCUT2D eigenvalue weighted by Gasteiger charge is -2.25. The van der Waals surface area contributed by atoms with Crippen molar-refractivity contribution in [1.82, 2.24) is 0 Å². The van der Waals surface area contributed by atoms with E-state index in [0.29, 0.717) is 12.0 Å². The fourth-order valence-electron chi connectivity index (χ4n) is 2.59. The monoisotopic (exact) mass is 300 g/mol. The number of hydrogen-bond donors (Lipinski definition) is 1.